The first-order valence-electron chi connectivity index (χ1n) is 12.4. The van der Waals surface area contributed by atoms with Crippen LogP contribution in [-0.4, -0.2) is 46.5 Å². The summed E-state index contributed by atoms with van der Waals surface area (Å²) in [6.07, 6.45) is 1.84. The van der Waals surface area contributed by atoms with Gasteiger partial charge in [-0.25, -0.2) is 4.79 Å². The van der Waals surface area contributed by atoms with Crippen molar-refractivity contribution in [2.75, 3.05) is 26.2 Å². The Morgan fingerprint density at radius 1 is 0.914 bits per heavy atom. The third-order valence-electron chi connectivity index (χ3n) is 7.42. The molecule has 1 fully saturated rings. The number of imidazole rings is 1. The first kappa shape index (κ1) is 23.1. The van der Waals surface area contributed by atoms with E-state index in [1.807, 2.05) is 96.4 Å². The summed E-state index contributed by atoms with van der Waals surface area (Å²) in [4.78, 5) is 31.4. The molecular weight excluding hydrogens is 436 g/mol. The molecule has 1 aliphatic heterocycles. The minimum Gasteiger partial charge on any atom is -0.354 e. The van der Waals surface area contributed by atoms with E-state index in [-0.39, 0.29) is 17.6 Å². The van der Waals surface area contributed by atoms with Crippen molar-refractivity contribution in [3.05, 3.63) is 107 Å². The van der Waals surface area contributed by atoms with E-state index in [2.05, 4.69) is 15.2 Å². The molecule has 6 nitrogen and oxygen atoms in total. The Morgan fingerprint density at radius 3 is 2.11 bits per heavy atom. The normalized spacial score (nSPS) is 15.3. The van der Waals surface area contributed by atoms with Crippen LogP contribution in [0.1, 0.15) is 36.9 Å². The number of aromatic nitrogens is 2. The Hall–Kier alpha value is -3.64. The Labute approximate surface area is 205 Å². The Bertz CT molecular complexity index is 1300. The zero-order valence-electron chi connectivity index (χ0n) is 20.1. The molecule has 6 heteroatoms. The molecule has 1 aromatic heterocycles. The SMILES string of the molecule is CC(C(=O)NCCN1CCC(n2c(=O)[nH]c3ccccc32)CC1)(c1ccccc1)c1ccccc1. The fourth-order valence-corrected chi connectivity index (χ4v) is 5.31. The predicted octanol–water partition coefficient (Wildman–Crippen LogP) is 4.09. The number of fused-ring (bicyclic) bond motifs is 1. The van der Waals surface area contributed by atoms with Gasteiger partial charge in [0.05, 0.1) is 16.4 Å². The highest BCUT2D eigenvalue weighted by Gasteiger charge is 2.36. The molecule has 0 atom stereocenters. The molecule has 0 aliphatic carbocycles. The number of carbonyl (C=O) groups excluding carboxylic acids is 1. The lowest BCUT2D eigenvalue weighted by atomic mass is 9.75. The molecule has 3 aromatic carbocycles. The van der Waals surface area contributed by atoms with Crippen LogP contribution in [0.5, 0.6) is 0 Å². The molecule has 4 aromatic rings. The van der Waals surface area contributed by atoms with Crippen LogP contribution in [0.4, 0.5) is 0 Å². The summed E-state index contributed by atoms with van der Waals surface area (Å²) < 4.78 is 1.92. The van der Waals surface area contributed by atoms with Crippen molar-refractivity contribution in [3.63, 3.8) is 0 Å². The molecule has 0 unspecified atom stereocenters. The molecule has 1 amide bonds. The third-order valence-corrected chi connectivity index (χ3v) is 7.42. The maximum absolute atomic E-state index is 13.5. The van der Waals surface area contributed by atoms with E-state index in [1.54, 1.807) is 0 Å². The molecule has 2 N–H and O–H groups in total. The Morgan fingerprint density at radius 2 is 1.49 bits per heavy atom. The van der Waals surface area contributed by atoms with Gasteiger partial charge in [-0.3, -0.25) is 9.36 Å². The zero-order valence-corrected chi connectivity index (χ0v) is 20.1. The molecule has 0 radical (unpaired) electrons. The van der Waals surface area contributed by atoms with Crippen molar-refractivity contribution >= 4 is 16.9 Å². The van der Waals surface area contributed by atoms with Crippen molar-refractivity contribution in [2.24, 2.45) is 0 Å². The second kappa shape index (κ2) is 9.92. The van der Waals surface area contributed by atoms with Gasteiger partial charge in [-0.15, -0.1) is 0 Å². The number of likely N-dealkylation sites (tertiary alicyclic amines) is 1. The number of hydrogen-bond donors (Lipinski definition) is 2. The quantitative estimate of drug-likeness (QED) is 0.429. The van der Waals surface area contributed by atoms with Gasteiger partial charge >= 0.3 is 5.69 Å². The predicted molar refractivity (Wildman–Crippen MR) is 140 cm³/mol. The van der Waals surface area contributed by atoms with Crippen LogP contribution in [0, 0.1) is 0 Å². The topological polar surface area (TPSA) is 70.1 Å². The van der Waals surface area contributed by atoms with Crippen molar-refractivity contribution in [1.29, 1.82) is 0 Å². The fourth-order valence-electron chi connectivity index (χ4n) is 5.31. The lowest BCUT2D eigenvalue weighted by Crippen LogP contribution is -2.46. The lowest BCUT2D eigenvalue weighted by Gasteiger charge is -2.33. The molecular formula is C29H32N4O2. The highest BCUT2D eigenvalue weighted by atomic mass is 16.2. The van der Waals surface area contributed by atoms with Gasteiger partial charge in [0.15, 0.2) is 0 Å². The largest absolute Gasteiger partial charge is 0.354 e. The number of rotatable bonds is 7. The van der Waals surface area contributed by atoms with Crippen LogP contribution >= 0.6 is 0 Å². The minimum absolute atomic E-state index is 0.00938. The molecule has 5 rings (SSSR count). The highest BCUT2D eigenvalue weighted by Crippen LogP contribution is 2.32. The van der Waals surface area contributed by atoms with Gasteiger partial charge in [0.2, 0.25) is 5.91 Å². The maximum atomic E-state index is 13.5. The fraction of sp³-hybridized carbons (Fsp3) is 0.310. The number of hydrogen-bond acceptors (Lipinski definition) is 3. The number of nitrogens with one attached hydrogen (secondary N) is 2. The number of aromatic amines is 1. The van der Waals surface area contributed by atoms with Gasteiger partial charge in [-0.2, -0.15) is 0 Å². The van der Waals surface area contributed by atoms with E-state index in [0.29, 0.717) is 6.54 Å². The first-order chi connectivity index (χ1) is 17.1. The van der Waals surface area contributed by atoms with E-state index in [0.717, 1.165) is 54.6 Å². The molecule has 180 valence electrons. The smallest absolute Gasteiger partial charge is 0.326 e. The van der Waals surface area contributed by atoms with Crippen LogP contribution in [0.25, 0.3) is 11.0 Å². The summed E-state index contributed by atoms with van der Waals surface area (Å²) in [5, 5.41) is 3.20. The van der Waals surface area contributed by atoms with Gasteiger partial charge in [0, 0.05) is 32.2 Å². The Balaban J connectivity index is 1.20. The molecule has 0 spiro atoms. The van der Waals surface area contributed by atoms with Gasteiger partial charge in [0.25, 0.3) is 0 Å². The van der Waals surface area contributed by atoms with Crippen LogP contribution in [0.2, 0.25) is 0 Å². The Kier molecular flexibility index (Phi) is 6.55. The minimum atomic E-state index is -0.758. The lowest BCUT2D eigenvalue weighted by molar-refractivity contribution is -0.124. The monoisotopic (exact) mass is 468 g/mol. The van der Waals surface area contributed by atoms with Gasteiger partial charge in [-0.05, 0) is 43.0 Å². The van der Waals surface area contributed by atoms with Crippen LogP contribution < -0.4 is 11.0 Å². The summed E-state index contributed by atoms with van der Waals surface area (Å²) in [5.41, 5.74) is 3.04. The van der Waals surface area contributed by atoms with E-state index in [1.165, 1.54) is 0 Å². The van der Waals surface area contributed by atoms with Crippen LogP contribution in [0.3, 0.4) is 0 Å². The van der Waals surface area contributed by atoms with Crippen molar-refractivity contribution in [1.82, 2.24) is 19.8 Å². The van der Waals surface area contributed by atoms with Crippen molar-refractivity contribution in [3.8, 4) is 0 Å². The molecule has 0 bridgehead atoms. The summed E-state index contributed by atoms with van der Waals surface area (Å²) in [5.74, 6) is 0.00938. The maximum Gasteiger partial charge on any atom is 0.326 e. The zero-order chi connectivity index (χ0) is 24.3. The summed E-state index contributed by atoms with van der Waals surface area (Å²) >= 11 is 0. The van der Waals surface area contributed by atoms with Crippen LogP contribution in [0.15, 0.2) is 89.7 Å². The molecule has 1 saturated heterocycles. The standard InChI is InChI=1S/C29H32N4O2/c1-29(22-10-4-2-5-11-22,23-12-6-3-7-13-23)27(34)30-18-21-32-19-16-24(17-20-32)33-26-15-9-8-14-25(26)31-28(33)35/h2-15,24H,16-21H2,1H3,(H,30,34)(H,31,35). The average Bonchev–Trinajstić information content (AvgIpc) is 3.25. The molecule has 2 heterocycles. The van der Waals surface area contributed by atoms with E-state index in [9.17, 15) is 9.59 Å². The summed E-state index contributed by atoms with van der Waals surface area (Å²) in [6, 6.07) is 28.0. The van der Waals surface area contributed by atoms with E-state index in [4.69, 9.17) is 0 Å². The summed E-state index contributed by atoms with van der Waals surface area (Å²) in [6.45, 7) is 5.19. The second-order valence-corrected chi connectivity index (χ2v) is 9.50. The molecule has 35 heavy (non-hydrogen) atoms. The highest BCUT2D eigenvalue weighted by molar-refractivity contribution is 5.91. The number of para-hydroxylation sites is 2. The summed E-state index contributed by atoms with van der Waals surface area (Å²) in [7, 11) is 0. The average molecular weight is 469 g/mol. The number of carbonyl (C=O) groups is 1. The number of benzene rings is 3. The number of piperidine rings is 1. The van der Waals surface area contributed by atoms with E-state index < -0.39 is 5.41 Å². The first-order valence-corrected chi connectivity index (χ1v) is 12.4. The third kappa shape index (κ3) is 4.54. The number of nitrogens with zero attached hydrogens (tertiary/aromatic N) is 2. The molecule has 1 aliphatic rings. The number of H-pyrrole nitrogens is 1. The van der Waals surface area contributed by atoms with Gasteiger partial charge in [-0.1, -0.05) is 72.8 Å². The second-order valence-electron chi connectivity index (χ2n) is 9.50. The van der Waals surface area contributed by atoms with Crippen LogP contribution in [-0.2, 0) is 10.2 Å². The number of amides is 1. The van der Waals surface area contributed by atoms with E-state index >= 15 is 0 Å². The molecule has 0 saturated carbocycles. The van der Waals surface area contributed by atoms with Gasteiger partial charge in [0.1, 0.15) is 0 Å². The van der Waals surface area contributed by atoms with Crippen molar-refractivity contribution in [2.45, 2.75) is 31.2 Å². The van der Waals surface area contributed by atoms with Gasteiger partial charge < -0.3 is 15.2 Å². The van der Waals surface area contributed by atoms with Crippen molar-refractivity contribution < 1.29 is 4.79 Å².